The molecule has 19 heavy (non-hydrogen) atoms. The minimum atomic E-state index is 0.112. The summed E-state index contributed by atoms with van der Waals surface area (Å²) in [6, 6.07) is 0. The molecule has 0 spiro atoms. The quantitative estimate of drug-likeness (QED) is 0.827. The van der Waals surface area contributed by atoms with Crippen LogP contribution in [0, 0.1) is 0 Å². The molecule has 0 bridgehead atoms. The lowest BCUT2D eigenvalue weighted by Crippen LogP contribution is -2.43. The average molecular weight is 301 g/mol. The summed E-state index contributed by atoms with van der Waals surface area (Å²) in [5.74, 6) is 0. The maximum Gasteiger partial charge on any atom is 0.138 e. The number of aromatic nitrogens is 5. The molecule has 0 saturated carbocycles. The van der Waals surface area contributed by atoms with Crippen LogP contribution in [0.1, 0.15) is 5.69 Å². The smallest absolute Gasteiger partial charge is 0.138 e. The van der Waals surface area contributed by atoms with Crippen molar-refractivity contribution in [2.24, 2.45) is 0 Å². The summed E-state index contributed by atoms with van der Waals surface area (Å²) in [7, 11) is 0. The van der Waals surface area contributed by atoms with Crippen LogP contribution in [-0.2, 0) is 17.8 Å². The highest BCUT2D eigenvalue weighted by Crippen LogP contribution is 2.20. The zero-order chi connectivity index (χ0) is 13.1. The molecule has 7 nitrogen and oxygen atoms in total. The molecule has 2 aromatic rings. The molecule has 0 radical (unpaired) electrons. The highest BCUT2D eigenvalue weighted by molar-refractivity contribution is 7.10. The van der Waals surface area contributed by atoms with Gasteiger partial charge in [-0.1, -0.05) is 16.1 Å². The lowest BCUT2D eigenvalue weighted by atomic mass is 10.2. The third kappa shape index (κ3) is 3.27. The molecule has 1 atom stereocenters. The van der Waals surface area contributed by atoms with Crippen molar-refractivity contribution in [2.75, 3.05) is 19.7 Å². The van der Waals surface area contributed by atoms with E-state index in [4.69, 9.17) is 16.3 Å². The zero-order valence-electron chi connectivity index (χ0n) is 10.1. The Morgan fingerprint density at radius 1 is 1.53 bits per heavy atom. The van der Waals surface area contributed by atoms with Gasteiger partial charge in [-0.05, 0) is 0 Å². The monoisotopic (exact) mass is 300 g/mol. The fourth-order valence-electron chi connectivity index (χ4n) is 2.07. The Kier molecular flexibility index (Phi) is 4.02. The molecule has 9 heteroatoms. The first-order valence-electron chi connectivity index (χ1n) is 5.94. The van der Waals surface area contributed by atoms with Gasteiger partial charge in [-0.3, -0.25) is 9.58 Å². The van der Waals surface area contributed by atoms with Gasteiger partial charge in [0.1, 0.15) is 22.7 Å². The number of nitrogens with zero attached hydrogens (tertiary/aromatic N) is 6. The van der Waals surface area contributed by atoms with Crippen LogP contribution in [0.4, 0.5) is 0 Å². The van der Waals surface area contributed by atoms with E-state index in [9.17, 15) is 0 Å². The van der Waals surface area contributed by atoms with Crippen LogP contribution in [0.15, 0.2) is 12.7 Å². The standard InChI is InChI=1S/C10H13ClN6OS/c11-10-9(14-15-19-10)5-16-1-2-18-8(3-16)4-17-7-12-6-13-17/h6-8H,1-5H2/t8-/m1/s1. The van der Waals surface area contributed by atoms with E-state index >= 15 is 0 Å². The van der Waals surface area contributed by atoms with Crippen molar-refractivity contribution >= 4 is 23.1 Å². The molecule has 3 heterocycles. The number of hydrogen-bond acceptors (Lipinski definition) is 7. The third-order valence-electron chi connectivity index (χ3n) is 2.96. The van der Waals surface area contributed by atoms with Gasteiger partial charge >= 0.3 is 0 Å². The second-order valence-electron chi connectivity index (χ2n) is 4.34. The van der Waals surface area contributed by atoms with Crippen LogP contribution in [-0.4, -0.2) is 55.1 Å². The number of rotatable bonds is 4. The number of halogens is 1. The SMILES string of the molecule is Clc1snnc1CN1CCO[C@@H](Cn2cncn2)C1. The van der Waals surface area contributed by atoms with E-state index in [1.807, 2.05) is 0 Å². The van der Waals surface area contributed by atoms with Gasteiger partial charge in [0.15, 0.2) is 0 Å². The molecule has 102 valence electrons. The minimum Gasteiger partial charge on any atom is -0.374 e. The van der Waals surface area contributed by atoms with Crippen LogP contribution < -0.4 is 0 Å². The Morgan fingerprint density at radius 3 is 3.21 bits per heavy atom. The molecule has 0 aliphatic carbocycles. The molecule has 0 aromatic carbocycles. The van der Waals surface area contributed by atoms with Crippen LogP contribution >= 0.6 is 23.1 Å². The van der Waals surface area contributed by atoms with Crippen molar-refractivity contribution in [1.82, 2.24) is 29.3 Å². The molecule has 1 fully saturated rings. The van der Waals surface area contributed by atoms with Gasteiger partial charge in [-0.2, -0.15) is 5.10 Å². The van der Waals surface area contributed by atoms with E-state index < -0.39 is 0 Å². The molecule has 0 amide bonds. The molecule has 2 aromatic heterocycles. The van der Waals surface area contributed by atoms with Crippen molar-refractivity contribution in [3.63, 3.8) is 0 Å². The molecule has 0 N–H and O–H groups in total. The van der Waals surface area contributed by atoms with Crippen molar-refractivity contribution in [3.8, 4) is 0 Å². The zero-order valence-corrected chi connectivity index (χ0v) is 11.7. The van der Waals surface area contributed by atoms with Crippen molar-refractivity contribution in [3.05, 3.63) is 22.7 Å². The Balaban J connectivity index is 1.57. The van der Waals surface area contributed by atoms with Gasteiger partial charge in [-0.25, -0.2) is 4.98 Å². The first-order valence-corrected chi connectivity index (χ1v) is 7.09. The van der Waals surface area contributed by atoms with E-state index in [0.717, 1.165) is 18.8 Å². The average Bonchev–Trinajstić information content (AvgIpc) is 3.03. The number of ether oxygens (including phenoxy) is 1. The van der Waals surface area contributed by atoms with E-state index in [1.54, 1.807) is 11.0 Å². The molecule has 1 aliphatic rings. The highest BCUT2D eigenvalue weighted by atomic mass is 35.5. The third-order valence-corrected chi connectivity index (χ3v) is 3.95. The second kappa shape index (κ2) is 5.91. The van der Waals surface area contributed by atoms with Gasteiger partial charge < -0.3 is 4.74 Å². The van der Waals surface area contributed by atoms with Crippen molar-refractivity contribution < 1.29 is 4.74 Å². The van der Waals surface area contributed by atoms with Crippen LogP contribution in [0.2, 0.25) is 4.34 Å². The summed E-state index contributed by atoms with van der Waals surface area (Å²) in [6.45, 7) is 3.83. The van der Waals surface area contributed by atoms with Gasteiger partial charge in [-0.15, -0.1) is 5.10 Å². The fraction of sp³-hybridized carbons (Fsp3) is 0.600. The molecule has 1 saturated heterocycles. The van der Waals surface area contributed by atoms with Crippen LogP contribution in [0.3, 0.4) is 0 Å². The van der Waals surface area contributed by atoms with Gasteiger partial charge in [0.2, 0.25) is 0 Å². The molecule has 1 aliphatic heterocycles. The van der Waals surface area contributed by atoms with Crippen LogP contribution in [0.5, 0.6) is 0 Å². The Hall–Kier alpha value is -1.09. The molecule has 3 rings (SSSR count). The summed E-state index contributed by atoms with van der Waals surface area (Å²) < 4.78 is 12.0. The fourth-order valence-corrected chi connectivity index (χ4v) is 2.69. The normalized spacial score (nSPS) is 20.8. The Labute approximate surface area is 119 Å². The lowest BCUT2D eigenvalue weighted by Gasteiger charge is -2.32. The molecular formula is C10H13ClN6OS. The van der Waals surface area contributed by atoms with E-state index in [2.05, 4.69) is 24.6 Å². The van der Waals surface area contributed by atoms with E-state index in [1.165, 1.54) is 17.9 Å². The summed E-state index contributed by atoms with van der Waals surface area (Å²) in [5.41, 5.74) is 0.841. The number of morpholine rings is 1. The lowest BCUT2D eigenvalue weighted by molar-refractivity contribution is -0.0405. The van der Waals surface area contributed by atoms with Crippen molar-refractivity contribution in [2.45, 2.75) is 19.2 Å². The molecule has 0 unspecified atom stereocenters. The van der Waals surface area contributed by atoms with Gasteiger partial charge in [0.05, 0.1) is 19.3 Å². The highest BCUT2D eigenvalue weighted by Gasteiger charge is 2.22. The number of hydrogen-bond donors (Lipinski definition) is 0. The first-order chi connectivity index (χ1) is 9.31. The van der Waals surface area contributed by atoms with Crippen LogP contribution in [0.25, 0.3) is 0 Å². The van der Waals surface area contributed by atoms with Crippen molar-refractivity contribution in [1.29, 1.82) is 0 Å². The Morgan fingerprint density at radius 2 is 2.47 bits per heavy atom. The summed E-state index contributed by atoms with van der Waals surface area (Å²) in [4.78, 5) is 6.20. The maximum atomic E-state index is 6.02. The topological polar surface area (TPSA) is 69.0 Å². The predicted octanol–water partition coefficient (Wildman–Crippen LogP) is 0.684. The second-order valence-corrected chi connectivity index (χ2v) is 5.69. The van der Waals surface area contributed by atoms with E-state index in [0.29, 0.717) is 24.0 Å². The molecular weight excluding hydrogens is 288 g/mol. The summed E-state index contributed by atoms with van der Waals surface area (Å²) in [6.07, 6.45) is 3.34. The summed E-state index contributed by atoms with van der Waals surface area (Å²) >= 11 is 7.25. The van der Waals surface area contributed by atoms with Gasteiger partial charge in [0.25, 0.3) is 0 Å². The minimum absolute atomic E-state index is 0.112. The summed E-state index contributed by atoms with van der Waals surface area (Å²) in [5, 5.41) is 8.13. The maximum absolute atomic E-state index is 6.02. The largest absolute Gasteiger partial charge is 0.374 e. The first kappa shape index (κ1) is 12.9. The van der Waals surface area contributed by atoms with E-state index in [-0.39, 0.29) is 6.10 Å². The predicted molar refractivity (Wildman–Crippen MR) is 70.0 cm³/mol. The van der Waals surface area contributed by atoms with Gasteiger partial charge in [0, 0.05) is 31.2 Å². The Bertz CT molecular complexity index is 518.